The lowest BCUT2D eigenvalue weighted by atomic mass is 9.94. The van der Waals surface area contributed by atoms with Gasteiger partial charge < -0.3 is 14.8 Å². The normalized spacial score (nSPS) is 21.9. The van der Waals surface area contributed by atoms with Crippen molar-refractivity contribution in [1.82, 2.24) is 24.6 Å². The van der Waals surface area contributed by atoms with Crippen molar-refractivity contribution < 1.29 is 4.79 Å². The second-order valence-electron chi connectivity index (χ2n) is 10.5. The van der Waals surface area contributed by atoms with Crippen LogP contribution in [0, 0.1) is 0 Å². The van der Waals surface area contributed by atoms with E-state index in [1.807, 2.05) is 4.90 Å². The van der Waals surface area contributed by atoms with Gasteiger partial charge in [0, 0.05) is 87.1 Å². The first-order chi connectivity index (χ1) is 17.6. The number of fused-ring (bicyclic) bond motifs is 2. The molecule has 3 aliphatic heterocycles. The number of carbonyl (C=O) groups is 1. The molecule has 3 aromatic rings. The Hall–Kier alpha value is -2.97. The second-order valence-corrected chi connectivity index (χ2v) is 10.5. The number of para-hydroxylation sites is 2. The maximum absolute atomic E-state index is 14.3. The van der Waals surface area contributed by atoms with Crippen molar-refractivity contribution in [2.45, 2.75) is 0 Å². The molecule has 1 aromatic heterocycles. The van der Waals surface area contributed by atoms with Gasteiger partial charge in [0.05, 0.1) is 17.9 Å². The van der Waals surface area contributed by atoms with Gasteiger partial charge in [0.1, 0.15) is 0 Å². The monoisotopic (exact) mass is 484 g/mol. The standard InChI is InChI=1S/C29H36N6O/c1-31-11-15-33(16-12-31)20-25(24-19-30-26-9-5-3-7-22(24)26)28-23-8-4-6-10-27(23)35(29(28)36)21-34-17-13-32(2)14-18-34/h3-10,19,30H,11-18,20-21H2,1-2H3. The highest BCUT2D eigenvalue weighted by Crippen LogP contribution is 2.42. The molecule has 2 fully saturated rings. The molecule has 1 N–H and O–H groups in total. The summed E-state index contributed by atoms with van der Waals surface area (Å²) in [7, 11) is 4.35. The molecule has 2 aromatic carbocycles. The minimum atomic E-state index is 0.129. The largest absolute Gasteiger partial charge is 0.361 e. The van der Waals surface area contributed by atoms with Crippen LogP contribution in [0.4, 0.5) is 5.69 Å². The highest BCUT2D eigenvalue weighted by Gasteiger charge is 2.36. The Labute approximate surface area is 213 Å². The van der Waals surface area contributed by atoms with Crippen LogP contribution in [-0.4, -0.2) is 110 Å². The van der Waals surface area contributed by atoms with Crippen molar-refractivity contribution in [3.8, 4) is 0 Å². The molecule has 4 heterocycles. The molecular weight excluding hydrogens is 448 g/mol. The average Bonchev–Trinajstić information content (AvgIpc) is 3.44. The van der Waals surface area contributed by atoms with Crippen LogP contribution >= 0.6 is 0 Å². The molecule has 2 saturated heterocycles. The Balaban J connectivity index is 1.43. The summed E-state index contributed by atoms with van der Waals surface area (Å²) in [5.41, 5.74) is 6.35. The van der Waals surface area contributed by atoms with Crippen LogP contribution in [0.5, 0.6) is 0 Å². The van der Waals surface area contributed by atoms with E-state index in [0.717, 1.165) is 92.4 Å². The Kier molecular flexibility index (Phi) is 6.39. The zero-order chi connectivity index (χ0) is 24.6. The fraction of sp³-hybridized carbons (Fsp3) is 0.414. The van der Waals surface area contributed by atoms with Crippen molar-refractivity contribution in [3.63, 3.8) is 0 Å². The van der Waals surface area contributed by atoms with E-state index in [4.69, 9.17) is 0 Å². The highest BCUT2D eigenvalue weighted by atomic mass is 16.2. The summed E-state index contributed by atoms with van der Waals surface area (Å²) in [6, 6.07) is 16.8. The number of nitrogens with zero attached hydrogens (tertiary/aromatic N) is 5. The minimum absolute atomic E-state index is 0.129. The number of hydrogen-bond acceptors (Lipinski definition) is 5. The lowest BCUT2D eigenvalue weighted by molar-refractivity contribution is -0.113. The van der Waals surface area contributed by atoms with Gasteiger partial charge in [-0.2, -0.15) is 0 Å². The summed E-state index contributed by atoms with van der Waals surface area (Å²) >= 11 is 0. The fourth-order valence-electron chi connectivity index (χ4n) is 5.75. The molecule has 3 aliphatic rings. The molecule has 36 heavy (non-hydrogen) atoms. The number of aromatic amines is 1. The summed E-state index contributed by atoms with van der Waals surface area (Å²) in [6.07, 6.45) is 2.10. The van der Waals surface area contributed by atoms with Crippen LogP contribution in [0.15, 0.2) is 54.7 Å². The predicted molar refractivity (Wildman–Crippen MR) is 147 cm³/mol. The van der Waals surface area contributed by atoms with Gasteiger partial charge in [-0.15, -0.1) is 0 Å². The van der Waals surface area contributed by atoms with E-state index in [2.05, 4.69) is 93.4 Å². The molecule has 7 nitrogen and oxygen atoms in total. The molecule has 1 amide bonds. The molecule has 7 heteroatoms. The first-order valence-corrected chi connectivity index (χ1v) is 13.1. The average molecular weight is 485 g/mol. The fourth-order valence-corrected chi connectivity index (χ4v) is 5.75. The van der Waals surface area contributed by atoms with Gasteiger partial charge in [-0.3, -0.25) is 19.5 Å². The smallest absolute Gasteiger partial charge is 0.260 e. The molecular formula is C29H36N6O. The van der Waals surface area contributed by atoms with E-state index in [1.165, 1.54) is 5.39 Å². The van der Waals surface area contributed by atoms with E-state index >= 15 is 0 Å². The highest BCUT2D eigenvalue weighted by molar-refractivity contribution is 6.38. The Morgan fingerprint density at radius 1 is 0.806 bits per heavy atom. The van der Waals surface area contributed by atoms with Crippen molar-refractivity contribution in [1.29, 1.82) is 0 Å². The summed E-state index contributed by atoms with van der Waals surface area (Å²) < 4.78 is 0. The summed E-state index contributed by atoms with van der Waals surface area (Å²) in [4.78, 5) is 29.4. The van der Waals surface area contributed by atoms with Crippen LogP contribution < -0.4 is 4.90 Å². The van der Waals surface area contributed by atoms with Gasteiger partial charge >= 0.3 is 0 Å². The molecule has 0 bridgehead atoms. The van der Waals surface area contributed by atoms with Gasteiger partial charge in [-0.05, 0) is 31.8 Å². The topological polar surface area (TPSA) is 49.1 Å². The summed E-state index contributed by atoms with van der Waals surface area (Å²) in [5.74, 6) is 0.129. The summed E-state index contributed by atoms with van der Waals surface area (Å²) in [5, 5.41) is 1.18. The Bertz CT molecular complexity index is 1280. The van der Waals surface area contributed by atoms with Crippen molar-refractivity contribution in [3.05, 3.63) is 65.9 Å². The molecule has 6 rings (SSSR count). The van der Waals surface area contributed by atoms with Crippen molar-refractivity contribution in [2.75, 3.05) is 84.6 Å². The number of benzene rings is 2. The molecule has 0 radical (unpaired) electrons. The third-order valence-electron chi connectivity index (χ3n) is 8.05. The van der Waals surface area contributed by atoms with Crippen molar-refractivity contribution >= 4 is 33.6 Å². The number of nitrogens with one attached hydrogen (secondary N) is 1. The van der Waals surface area contributed by atoms with Crippen LogP contribution in [0.2, 0.25) is 0 Å². The van der Waals surface area contributed by atoms with E-state index in [1.54, 1.807) is 0 Å². The quantitative estimate of drug-likeness (QED) is 0.565. The zero-order valence-electron chi connectivity index (χ0n) is 21.4. The first-order valence-electron chi connectivity index (χ1n) is 13.1. The van der Waals surface area contributed by atoms with Crippen LogP contribution in [-0.2, 0) is 4.79 Å². The Morgan fingerprint density at radius 3 is 2.19 bits per heavy atom. The van der Waals surface area contributed by atoms with Gasteiger partial charge in [-0.25, -0.2) is 0 Å². The number of piperazine rings is 2. The molecule has 0 saturated carbocycles. The van der Waals surface area contributed by atoms with Crippen molar-refractivity contribution in [2.24, 2.45) is 0 Å². The van der Waals surface area contributed by atoms with E-state index in [9.17, 15) is 4.79 Å². The molecule has 188 valence electrons. The Morgan fingerprint density at radius 2 is 1.44 bits per heavy atom. The third-order valence-corrected chi connectivity index (χ3v) is 8.05. The number of aromatic nitrogens is 1. The number of likely N-dealkylation sites (N-methyl/N-ethyl adjacent to an activating group) is 2. The number of hydrogen-bond donors (Lipinski definition) is 1. The predicted octanol–water partition coefficient (Wildman–Crippen LogP) is 2.88. The lowest BCUT2D eigenvalue weighted by Crippen LogP contribution is -2.49. The minimum Gasteiger partial charge on any atom is -0.361 e. The van der Waals surface area contributed by atoms with E-state index in [-0.39, 0.29) is 5.91 Å². The van der Waals surface area contributed by atoms with E-state index in [0.29, 0.717) is 6.67 Å². The van der Waals surface area contributed by atoms with Gasteiger partial charge in [0.2, 0.25) is 0 Å². The van der Waals surface area contributed by atoms with Crippen LogP contribution in [0.25, 0.3) is 22.0 Å². The maximum Gasteiger partial charge on any atom is 0.260 e. The maximum atomic E-state index is 14.3. The molecule has 0 spiro atoms. The lowest BCUT2D eigenvalue weighted by Gasteiger charge is -2.35. The van der Waals surface area contributed by atoms with Gasteiger partial charge in [0.15, 0.2) is 0 Å². The van der Waals surface area contributed by atoms with Gasteiger partial charge in [-0.1, -0.05) is 36.4 Å². The number of carbonyl (C=O) groups excluding carboxylic acids is 1. The summed E-state index contributed by atoms with van der Waals surface area (Å²) in [6.45, 7) is 9.58. The van der Waals surface area contributed by atoms with E-state index < -0.39 is 0 Å². The molecule has 0 atom stereocenters. The first kappa shape index (κ1) is 23.4. The van der Waals surface area contributed by atoms with Crippen LogP contribution in [0.1, 0.15) is 11.1 Å². The third kappa shape index (κ3) is 4.37. The number of amides is 1. The van der Waals surface area contributed by atoms with Crippen LogP contribution in [0.3, 0.4) is 0 Å². The van der Waals surface area contributed by atoms with Gasteiger partial charge in [0.25, 0.3) is 5.91 Å². The number of anilines is 1. The number of H-pyrrole nitrogens is 1. The molecule has 0 unspecified atom stereocenters. The number of rotatable bonds is 5. The zero-order valence-corrected chi connectivity index (χ0v) is 21.4. The SMILES string of the molecule is CN1CCN(CC(=C2C(=O)N(CN3CCN(C)CC3)c3ccccc32)c2c[nH]c3ccccc23)CC1. The second kappa shape index (κ2) is 9.82. The molecule has 0 aliphatic carbocycles.